The largest absolute Gasteiger partial charge is 0.494 e. The predicted molar refractivity (Wildman–Crippen MR) is 102 cm³/mol. The van der Waals surface area contributed by atoms with Crippen molar-refractivity contribution in [2.24, 2.45) is 7.05 Å². The van der Waals surface area contributed by atoms with E-state index in [1.807, 2.05) is 49.3 Å². The van der Waals surface area contributed by atoms with Crippen LogP contribution in [0.1, 0.15) is 35.6 Å². The molecule has 1 atom stereocenters. The monoisotopic (exact) mass is 365 g/mol. The molecule has 140 valence electrons. The highest BCUT2D eigenvalue weighted by Crippen LogP contribution is 2.39. The summed E-state index contributed by atoms with van der Waals surface area (Å²) in [4.78, 5) is 16.2. The normalized spacial score (nSPS) is 16.1. The Balaban J connectivity index is 1.48. The third-order valence-corrected chi connectivity index (χ3v) is 4.91. The number of anilines is 1. The number of aryl methyl sites for hydroxylation is 3. The van der Waals surface area contributed by atoms with Crippen molar-refractivity contribution >= 4 is 11.7 Å². The molecule has 2 aromatic heterocycles. The van der Waals surface area contributed by atoms with Gasteiger partial charge in [0.05, 0.1) is 18.6 Å². The molecule has 1 aliphatic heterocycles. The molecule has 0 radical (unpaired) electrons. The fourth-order valence-corrected chi connectivity index (χ4v) is 3.67. The zero-order valence-corrected chi connectivity index (χ0v) is 15.6. The van der Waals surface area contributed by atoms with E-state index in [0.717, 1.165) is 41.4 Å². The fourth-order valence-electron chi connectivity index (χ4n) is 3.67. The van der Waals surface area contributed by atoms with Gasteiger partial charge in [0.1, 0.15) is 11.6 Å². The Morgan fingerprint density at radius 1 is 1.37 bits per heavy atom. The molecule has 0 fully saturated rings. The lowest BCUT2D eigenvalue weighted by Crippen LogP contribution is -2.24. The van der Waals surface area contributed by atoms with E-state index in [1.54, 1.807) is 10.9 Å². The van der Waals surface area contributed by atoms with Gasteiger partial charge in [-0.05, 0) is 31.0 Å². The van der Waals surface area contributed by atoms with Crippen LogP contribution in [0.15, 0.2) is 43.0 Å². The highest BCUT2D eigenvalue weighted by Gasteiger charge is 2.31. The van der Waals surface area contributed by atoms with Gasteiger partial charge in [0, 0.05) is 43.9 Å². The number of fused-ring (bicyclic) bond motifs is 1. The molecule has 1 unspecified atom stereocenters. The summed E-state index contributed by atoms with van der Waals surface area (Å²) in [6.45, 7) is 3.49. The van der Waals surface area contributed by atoms with Crippen molar-refractivity contribution in [2.75, 3.05) is 11.9 Å². The Kier molecular flexibility index (Phi) is 4.66. The molecular weight excluding hydrogens is 342 g/mol. The lowest BCUT2D eigenvalue weighted by atomic mass is 9.86. The zero-order chi connectivity index (χ0) is 18.8. The van der Waals surface area contributed by atoms with Crippen LogP contribution in [0.25, 0.3) is 0 Å². The quantitative estimate of drug-likeness (QED) is 0.682. The number of nitrogens with zero attached hydrogens (tertiary/aromatic N) is 4. The second-order valence-electron chi connectivity index (χ2n) is 6.85. The van der Waals surface area contributed by atoms with Crippen LogP contribution in [0, 0.1) is 6.92 Å². The molecule has 0 saturated heterocycles. The van der Waals surface area contributed by atoms with Crippen LogP contribution in [0.4, 0.5) is 5.82 Å². The number of carbonyl (C=O) groups excluding carboxylic acids is 1. The summed E-state index contributed by atoms with van der Waals surface area (Å²) in [5.41, 5.74) is 3.12. The van der Waals surface area contributed by atoms with Gasteiger partial charge in [0.15, 0.2) is 0 Å². The number of rotatable bonds is 6. The molecule has 0 aliphatic carbocycles. The number of imidazole rings is 1. The smallest absolute Gasteiger partial charge is 0.226 e. The fraction of sp³-hybridized carbons (Fsp3) is 0.350. The highest BCUT2D eigenvalue weighted by molar-refractivity contribution is 5.94. The number of nitrogens with one attached hydrogen (secondary N) is 1. The van der Waals surface area contributed by atoms with E-state index in [-0.39, 0.29) is 11.8 Å². The van der Waals surface area contributed by atoms with Gasteiger partial charge in [-0.15, -0.1) is 0 Å². The maximum Gasteiger partial charge on any atom is 0.226 e. The van der Waals surface area contributed by atoms with Crippen molar-refractivity contribution in [3.05, 3.63) is 59.8 Å². The van der Waals surface area contributed by atoms with Crippen LogP contribution < -0.4 is 10.1 Å². The number of ether oxygens (including phenoxy) is 1. The third-order valence-electron chi connectivity index (χ3n) is 4.91. The molecule has 4 rings (SSSR count). The molecule has 1 N–H and O–H groups in total. The topological polar surface area (TPSA) is 74.0 Å². The van der Waals surface area contributed by atoms with Gasteiger partial charge in [0.25, 0.3) is 0 Å². The zero-order valence-electron chi connectivity index (χ0n) is 15.6. The Bertz CT molecular complexity index is 945. The van der Waals surface area contributed by atoms with E-state index in [9.17, 15) is 4.79 Å². The van der Waals surface area contributed by atoms with E-state index >= 15 is 0 Å². The number of amides is 1. The van der Waals surface area contributed by atoms with E-state index in [4.69, 9.17) is 4.74 Å². The molecule has 0 saturated carbocycles. The summed E-state index contributed by atoms with van der Waals surface area (Å²) in [7, 11) is 1.86. The van der Waals surface area contributed by atoms with Gasteiger partial charge < -0.3 is 14.6 Å². The molecule has 3 aromatic rings. The van der Waals surface area contributed by atoms with Crippen molar-refractivity contribution in [3.8, 4) is 5.75 Å². The number of aromatic nitrogens is 4. The molecule has 0 bridgehead atoms. The minimum atomic E-state index is -0.00283. The van der Waals surface area contributed by atoms with Gasteiger partial charge in [-0.1, -0.05) is 12.1 Å². The lowest BCUT2D eigenvalue weighted by Gasteiger charge is -2.24. The van der Waals surface area contributed by atoms with Gasteiger partial charge in [-0.3, -0.25) is 9.48 Å². The molecule has 7 heteroatoms. The summed E-state index contributed by atoms with van der Waals surface area (Å²) in [5.74, 6) is 1.63. The molecular formula is C20H23N5O2. The summed E-state index contributed by atoms with van der Waals surface area (Å²) in [6, 6.07) is 8.04. The Labute approximate surface area is 158 Å². The Morgan fingerprint density at radius 3 is 3.07 bits per heavy atom. The minimum Gasteiger partial charge on any atom is -0.494 e. The van der Waals surface area contributed by atoms with E-state index < -0.39 is 0 Å². The standard InChI is InChI=1S/C20H23N5O2/c1-14-19-17(12-18(26)22-20(19)24(2)23-14)15-5-3-6-16(11-15)27-10-4-8-25-9-7-21-13-25/h3,5-7,9,11,13,17H,4,8,10,12H2,1-2H3,(H,22,26). The van der Waals surface area contributed by atoms with Crippen LogP contribution in [-0.4, -0.2) is 31.8 Å². The second-order valence-corrected chi connectivity index (χ2v) is 6.85. The summed E-state index contributed by atoms with van der Waals surface area (Å²) < 4.78 is 9.71. The maximum atomic E-state index is 12.2. The first-order valence-electron chi connectivity index (χ1n) is 9.13. The minimum absolute atomic E-state index is 0.00283. The molecule has 27 heavy (non-hydrogen) atoms. The van der Waals surface area contributed by atoms with Crippen LogP contribution in [0.3, 0.4) is 0 Å². The van der Waals surface area contributed by atoms with Crippen molar-refractivity contribution < 1.29 is 9.53 Å². The van der Waals surface area contributed by atoms with Gasteiger partial charge in [-0.2, -0.15) is 5.10 Å². The number of carbonyl (C=O) groups is 1. The maximum absolute atomic E-state index is 12.2. The number of hydrogen-bond acceptors (Lipinski definition) is 4. The summed E-state index contributed by atoms with van der Waals surface area (Å²) in [5, 5.41) is 7.42. The lowest BCUT2D eigenvalue weighted by molar-refractivity contribution is -0.116. The van der Waals surface area contributed by atoms with Crippen molar-refractivity contribution in [1.82, 2.24) is 19.3 Å². The number of hydrogen-bond donors (Lipinski definition) is 1. The average molecular weight is 365 g/mol. The molecule has 1 amide bonds. The first kappa shape index (κ1) is 17.3. The SMILES string of the molecule is Cc1nn(C)c2c1C(c1cccc(OCCCn3ccnc3)c1)CC(=O)N2. The second kappa shape index (κ2) is 7.26. The molecule has 1 aromatic carbocycles. The van der Waals surface area contributed by atoms with E-state index in [1.165, 1.54) is 0 Å². The summed E-state index contributed by atoms with van der Waals surface area (Å²) >= 11 is 0. The number of benzene rings is 1. The Morgan fingerprint density at radius 2 is 2.26 bits per heavy atom. The van der Waals surface area contributed by atoms with Gasteiger partial charge in [0.2, 0.25) is 5.91 Å². The Hall–Kier alpha value is -3.09. The van der Waals surface area contributed by atoms with Crippen LogP contribution in [0.5, 0.6) is 5.75 Å². The van der Waals surface area contributed by atoms with Crippen LogP contribution in [0.2, 0.25) is 0 Å². The summed E-state index contributed by atoms with van der Waals surface area (Å²) in [6.07, 6.45) is 6.85. The van der Waals surface area contributed by atoms with Crippen molar-refractivity contribution in [2.45, 2.75) is 32.2 Å². The van der Waals surface area contributed by atoms with Crippen LogP contribution in [-0.2, 0) is 18.4 Å². The molecule has 3 heterocycles. The van der Waals surface area contributed by atoms with Crippen molar-refractivity contribution in [3.63, 3.8) is 0 Å². The van der Waals surface area contributed by atoms with Crippen LogP contribution >= 0.6 is 0 Å². The van der Waals surface area contributed by atoms with E-state index in [0.29, 0.717) is 13.0 Å². The van der Waals surface area contributed by atoms with Gasteiger partial charge in [-0.25, -0.2) is 4.98 Å². The predicted octanol–water partition coefficient (Wildman–Crippen LogP) is 2.87. The average Bonchev–Trinajstić information content (AvgIpc) is 3.27. The first-order chi connectivity index (χ1) is 13.1. The molecule has 0 spiro atoms. The molecule has 7 nitrogen and oxygen atoms in total. The first-order valence-corrected chi connectivity index (χ1v) is 9.13. The van der Waals surface area contributed by atoms with Crippen molar-refractivity contribution in [1.29, 1.82) is 0 Å². The van der Waals surface area contributed by atoms with Gasteiger partial charge >= 0.3 is 0 Å². The van der Waals surface area contributed by atoms with E-state index in [2.05, 4.69) is 21.5 Å². The molecule has 1 aliphatic rings. The third kappa shape index (κ3) is 3.58. The highest BCUT2D eigenvalue weighted by atomic mass is 16.5.